The van der Waals surface area contributed by atoms with E-state index >= 15 is 0 Å². The standard InChI is InChI=1S/C15H24ClN3O2/c1-18(2)5-4-6-19(3)13(9-17)11-7-12(16)15-14(8-11)20-10-21-15/h7-8,13H,4-6,9-10,17H2,1-3H3. The Bertz CT molecular complexity index is 482. The average Bonchev–Trinajstić information content (AvgIpc) is 2.88. The van der Waals surface area contributed by atoms with E-state index in [2.05, 4.69) is 30.9 Å². The van der Waals surface area contributed by atoms with E-state index < -0.39 is 0 Å². The van der Waals surface area contributed by atoms with Gasteiger partial charge in [0.05, 0.1) is 5.02 Å². The molecule has 0 aromatic heterocycles. The summed E-state index contributed by atoms with van der Waals surface area (Å²) in [5, 5.41) is 0.583. The topological polar surface area (TPSA) is 51.0 Å². The molecule has 1 heterocycles. The van der Waals surface area contributed by atoms with Crippen molar-refractivity contribution in [2.45, 2.75) is 12.5 Å². The zero-order valence-electron chi connectivity index (χ0n) is 12.9. The quantitative estimate of drug-likeness (QED) is 0.834. The molecular weight excluding hydrogens is 290 g/mol. The maximum Gasteiger partial charge on any atom is 0.231 e. The molecule has 0 saturated carbocycles. The molecule has 0 amide bonds. The van der Waals surface area contributed by atoms with Gasteiger partial charge in [-0.3, -0.25) is 4.90 Å². The van der Waals surface area contributed by atoms with Crippen molar-refractivity contribution < 1.29 is 9.47 Å². The first-order chi connectivity index (χ1) is 10.0. The molecule has 0 aliphatic carbocycles. The van der Waals surface area contributed by atoms with Crippen molar-refractivity contribution in [2.24, 2.45) is 5.73 Å². The monoisotopic (exact) mass is 313 g/mol. The maximum absolute atomic E-state index is 6.26. The number of hydrogen-bond donors (Lipinski definition) is 1. The van der Waals surface area contributed by atoms with Gasteiger partial charge in [-0.15, -0.1) is 0 Å². The summed E-state index contributed by atoms with van der Waals surface area (Å²) in [6.45, 7) is 2.80. The van der Waals surface area contributed by atoms with Crippen LogP contribution in [0.3, 0.4) is 0 Å². The summed E-state index contributed by atoms with van der Waals surface area (Å²) < 4.78 is 10.8. The van der Waals surface area contributed by atoms with E-state index in [-0.39, 0.29) is 12.8 Å². The highest BCUT2D eigenvalue weighted by Crippen LogP contribution is 2.41. The van der Waals surface area contributed by atoms with Crippen LogP contribution in [0.4, 0.5) is 0 Å². The maximum atomic E-state index is 6.26. The van der Waals surface area contributed by atoms with Gasteiger partial charge in [-0.05, 0) is 58.3 Å². The van der Waals surface area contributed by atoms with Crippen LogP contribution < -0.4 is 15.2 Å². The van der Waals surface area contributed by atoms with Gasteiger partial charge in [0.25, 0.3) is 0 Å². The molecule has 2 N–H and O–H groups in total. The van der Waals surface area contributed by atoms with E-state index in [0.29, 0.717) is 23.1 Å². The lowest BCUT2D eigenvalue weighted by Gasteiger charge is -2.28. The Morgan fingerprint density at radius 2 is 2.00 bits per heavy atom. The number of halogens is 1. The molecule has 2 rings (SSSR count). The fourth-order valence-electron chi connectivity index (χ4n) is 2.54. The number of rotatable bonds is 7. The lowest BCUT2D eigenvalue weighted by molar-refractivity contribution is 0.174. The van der Waals surface area contributed by atoms with Gasteiger partial charge in [0.15, 0.2) is 11.5 Å². The van der Waals surface area contributed by atoms with E-state index in [1.807, 2.05) is 12.1 Å². The second-order valence-electron chi connectivity index (χ2n) is 5.63. The van der Waals surface area contributed by atoms with Crippen LogP contribution in [-0.4, -0.2) is 57.4 Å². The van der Waals surface area contributed by atoms with Crippen LogP contribution in [0, 0.1) is 0 Å². The number of nitrogens with two attached hydrogens (primary N) is 1. The minimum atomic E-state index is 0.124. The van der Waals surface area contributed by atoms with Crippen LogP contribution in [0.1, 0.15) is 18.0 Å². The minimum absolute atomic E-state index is 0.124. The molecule has 6 heteroatoms. The van der Waals surface area contributed by atoms with E-state index in [0.717, 1.165) is 25.1 Å². The molecule has 1 aromatic carbocycles. The van der Waals surface area contributed by atoms with Crippen molar-refractivity contribution in [3.05, 3.63) is 22.7 Å². The zero-order valence-corrected chi connectivity index (χ0v) is 13.7. The lowest BCUT2D eigenvalue weighted by Crippen LogP contribution is -2.32. The number of likely N-dealkylation sites (N-methyl/N-ethyl adjacent to an activating group) is 1. The molecule has 1 aliphatic rings. The van der Waals surface area contributed by atoms with E-state index in [1.54, 1.807) is 0 Å². The van der Waals surface area contributed by atoms with Crippen molar-refractivity contribution in [1.29, 1.82) is 0 Å². The van der Waals surface area contributed by atoms with Gasteiger partial charge in [-0.2, -0.15) is 0 Å². The van der Waals surface area contributed by atoms with Crippen LogP contribution >= 0.6 is 11.6 Å². The molecule has 0 fully saturated rings. The van der Waals surface area contributed by atoms with Crippen molar-refractivity contribution in [3.8, 4) is 11.5 Å². The Balaban J connectivity index is 2.08. The third-order valence-corrected chi connectivity index (χ3v) is 3.99. The van der Waals surface area contributed by atoms with Gasteiger partial charge in [0.2, 0.25) is 6.79 Å². The van der Waals surface area contributed by atoms with Gasteiger partial charge in [-0.25, -0.2) is 0 Å². The van der Waals surface area contributed by atoms with E-state index in [9.17, 15) is 0 Å². The fourth-order valence-corrected chi connectivity index (χ4v) is 2.82. The minimum Gasteiger partial charge on any atom is -0.454 e. The van der Waals surface area contributed by atoms with Crippen molar-refractivity contribution in [1.82, 2.24) is 9.80 Å². The molecule has 0 radical (unpaired) electrons. The fraction of sp³-hybridized carbons (Fsp3) is 0.600. The zero-order chi connectivity index (χ0) is 15.4. The predicted molar refractivity (Wildman–Crippen MR) is 85.2 cm³/mol. The third-order valence-electron chi connectivity index (χ3n) is 3.71. The Morgan fingerprint density at radius 3 is 2.67 bits per heavy atom. The second-order valence-corrected chi connectivity index (χ2v) is 6.03. The summed E-state index contributed by atoms with van der Waals surface area (Å²) in [5.74, 6) is 1.34. The Hall–Kier alpha value is -1.01. The molecule has 1 atom stereocenters. The van der Waals surface area contributed by atoms with Crippen molar-refractivity contribution in [2.75, 3.05) is 47.6 Å². The summed E-state index contributed by atoms with van der Waals surface area (Å²) in [6, 6.07) is 4.03. The molecule has 1 unspecified atom stereocenters. The molecule has 0 saturated heterocycles. The first-order valence-electron chi connectivity index (χ1n) is 7.17. The van der Waals surface area contributed by atoms with Gasteiger partial charge in [0, 0.05) is 12.6 Å². The van der Waals surface area contributed by atoms with E-state index in [4.69, 9.17) is 26.8 Å². The smallest absolute Gasteiger partial charge is 0.231 e. The summed E-state index contributed by atoms with van der Waals surface area (Å²) >= 11 is 6.26. The number of fused-ring (bicyclic) bond motifs is 1. The molecule has 21 heavy (non-hydrogen) atoms. The summed E-state index contributed by atoms with van der Waals surface area (Å²) in [6.07, 6.45) is 1.10. The highest BCUT2D eigenvalue weighted by Gasteiger charge is 2.23. The van der Waals surface area contributed by atoms with Crippen molar-refractivity contribution in [3.63, 3.8) is 0 Å². The third kappa shape index (κ3) is 4.01. The van der Waals surface area contributed by atoms with Gasteiger partial charge >= 0.3 is 0 Å². The molecule has 1 aliphatic heterocycles. The molecule has 1 aromatic rings. The van der Waals surface area contributed by atoms with Gasteiger partial charge < -0.3 is 20.1 Å². The van der Waals surface area contributed by atoms with Gasteiger partial charge in [0.1, 0.15) is 0 Å². The highest BCUT2D eigenvalue weighted by atomic mass is 35.5. The summed E-state index contributed by atoms with van der Waals surface area (Å²) in [5.41, 5.74) is 7.03. The van der Waals surface area contributed by atoms with Crippen LogP contribution in [0.15, 0.2) is 12.1 Å². The number of nitrogens with zero attached hydrogens (tertiary/aromatic N) is 2. The highest BCUT2D eigenvalue weighted by molar-refractivity contribution is 6.32. The Kier molecular flexibility index (Phi) is 5.70. The van der Waals surface area contributed by atoms with Crippen molar-refractivity contribution >= 4 is 11.6 Å². The molecule has 118 valence electrons. The molecule has 5 nitrogen and oxygen atoms in total. The summed E-state index contributed by atoms with van der Waals surface area (Å²) in [4.78, 5) is 4.44. The molecular formula is C15H24ClN3O2. The predicted octanol–water partition coefficient (Wildman–Crippen LogP) is 1.95. The molecule has 0 spiro atoms. The lowest BCUT2D eigenvalue weighted by atomic mass is 10.0. The van der Waals surface area contributed by atoms with E-state index in [1.165, 1.54) is 0 Å². The first kappa shape index (κ1) is 16.4. The first-order valence-corrected chi connectivity index (χ1v) is 7.54. The largest absolute Gasteiger partial charge is 0.454 e. The second kappa shape index (κ2) is 7.31. The summed E-state index contributed by atoms with van der Waals surface area (Å²) in [7, 11) is 6.25. The Labute approximate surface area is 131 Å². The number of benzene rings is 1. The van der Waals surface area contributed by atoms with Gasteiger partial charge in [-0.1, -0.05) is 11.6 Å². The molecule has 0 bridgehead atoms. The number of ether oxygens (including phenoxy) is 2. The number of hydrogen-bond acceptors (Lipinski definition) is 5. The normalized spacial score (nSPS) is 15.0. The average molecular weight is 314 g/mol. The van der Waals surface area contributed by atoms with Crippen LogP contribution in [0.2, 0.25) is 5.02 Å². The SMILES string of the molecule is CN(C)CCCN(C)C(CN)c1cc(Cl)c2c(c1)OCO2. The van der Waals surface area contributed by atoms with Crippen LogP contribution in [-0.2, 0) is 0 Å². The van der Waals surface area contributed by atoms with Crippen LogP contribution in [0.25, 0.3) is 0 Å². The Morgan fingerprint density at radius 1 is 1.24 bits per heavy atom. The van der Waals surface area contributed by atoms with Crippen LogP contribution in [0.5, 0.6) is 11.5 Å².